The molecule has 2 atom stereocenters. The summed E-state index contributed by atoms with van der Waals surface area (Å²) in [5.74, 6) is 0.862. The van der Waals surface area contributed by atoms with Crippen LogP contribution in [0.3, 0.4) is 0 Å². The van der Waals surface area contributed by atoms with E-state index < -0.39 is 12.0 Å². The zero-order chi connectivity index (χ0) is 14.1. The number of piperidine rings is 1. The predicted octanol–water partition coefficient (Wildman–Crippen LogP) is 1.27. The lowest BCUT2D eigenvalue weighted by atomic mass is 10.00. The molecular formula is C14H22N4O2. The third-order valence-electron chi connectivity index (χ3n) is 4.54. The van der Waals surface area contributed by atoms with Gasteiger partial charge in [0.25, 0.3) is 0 Å². The lowest BCUT2D eigenvalue weighted by Gasteiger charge is -2.31. The molecule has 2 unspecified atom stereocenters. The molecule has 1 aromatic rings. The van der Waals surface area contributed by atoms with Gasteiger partial charge in [0.2, 0.25) is 0 Å². The van der Waals surface area contributed by atoms with E-state index in [1.54, 1.807) is 4.68 Å². The molecule has 0 aromatic carbocycles. The van der Waals surface area contributed by atoms with Crippen molar-refractivity contribution in [3.63, 3.8) is 0 Å². The van der Waals surface area contributed by atoms with Crippen LogP contribution in [0.1, 0.15) is 49.8 Å². The first-order valence-electron chi connectivity index (χ1n) is 7.52. The molecule has 0 bridgehead atoms. The number of aryl methyl sites for hydroxylation is 1. The monoisotopic (exact) mass is 278 g/mol. The van der Waals surface area contributed by atoms with Gasteiger partial charge in [-0.2, -0.15) is 5.10 Å². The molecule has 3 heterocycles. The van der Waals surface area contributed by atoms with Gasteiger partial charge in [0, 0.05) is 18.9 Å². The summed E-state index contributed by atoms with van der Waals surface area (Å²) in [5, 5.41) is 13.7. The molecule has 2 aliphatic rings. The molecule has 6 heteroatoms. The van der Waals surface area contributed by atoms with Crippen LogP contribution in [0, 0.1) is 0 Å². The van der Waals surface area contributed by atoms with Crippen LogP contribution in [0.4, 0.5) is 0 Å². The fourth-order valence-corrected chi connectivity index (χ4v) is 3.33. The van der Waals surface area contributed by atoms with Crippen LogP contribution in [-0.4, -0.2) is 50.4 Å². The Labute approximate surface area is 118 Å². The number of nitrogens with zero attached hydrogens (tertiary/aromatic N) is 4. The first-order valence-corrected chi connectivity index (χ1v) is 7.52. The Bertz CT molecular complexity index is 499. The van der Waals surface area contributed by atoms with E-state index >= 15 is 0 Å². The van der Waals surface area contributed by atoms with Crippen LogP contribution in [0.2, 0.25) is 0 Å². The van der Waals surface area contributed by atoms with Crippen LogP contribution in [0.5, 0.6) is 0 Å². The van der Waals surface area contributed by atoms with Crippen LogP contribution in [0.25, 0.3) is 0 Å². The van der Waals surface area contributed by atoms with E-state index in [0.717, 1.165) is 37.5 Å². The highest BCUT2D eigenvalue weighted by Crippen LogP contribution is 2.24. The van der Waals surface area contributed by atoms with E-state index in [1.807, 2.05) is 0 Å². The second-order valence-electron chi connectivity index (χ2n) is 5.97. The number of fused-ring (bicyclic) bond motifs is 1. The standard InChI is InChI=1S/C14H22N4O2/c1-17-8-3-2-5-10(17)9-12-15-13-7-4-6-11(14(19)20)18(13)16-12/h10-11H,2-9H2,1H3,(H,19,20). The average molecular weight is 278 g/mol. The minimum absolute atomic E-state index is 0.497. The normalized spacial score (nSPS) is 27.2. The van der Waals surface area contributed by atoms with Gasteiger partial charge in [0.05, 0.1) is 0 Å². The summed E-state index contributed by atoms with van der Waals surface area (Å²) in [6, 6.07) is -0.0273. The van der Waals surface area contributed by atoms with Gasteiger partial charge < -0.3 is 10.0 Å². The molecule has 0 spiro atoms. The summed E-state index contributed by atoms with van der Waals surface area (Å²) in [7, 11) is 2.15. The average Bonchev–Trinajstić information content (AvgIpc) is 2.83. The molecule has 0 saturated carbocycles. The van der Waals surface area contributed by atoms with Crippen LogP contribution < -0.4 is 0 Å². The molecule has 1 N–H and O–H groups in total. The van der Waals surface area contributed by atoms with Gasteiger partial charge in [0.15, 0.2) is 11.9 Å². The number of carboxylic acid groups (broad SMARTS) is 1. The van der Waals surface area contributed by atoms with Crippen LogP contribution >= 0.6 is 0 Å². The minimum atomic E-state index is -0.794. The van der Waals surface area contributed by atoms with Crippen molar-refractivity contribution in [2.45, 2.75) is 57.0 Å². The van der Waals surface area contributed by atoms with Crippen molar-refractivity contribution >= 4 is 5.97 Å². The highest BCUT2D eigenvalue weighted by molar-refractivity contribution is 5.71. The number of aliphatic carboxylic acids is 1. The summed E-state index contributed by atoms with van der Waals surface area (Å²) in [6.45, 7) is 1.13. The SMILES string of the molecule is CN1CCCCC1Cc1nc2n(n1)C(C(=O)O)CCC2. The Hall–Kier alpha value is -1.43. The van der Waals surface area contributed by atoms with Gasteiger partial charge in [0.1, 0.15) is 5.82 Å². The summed E-state index contributed by atoms with van der Waals surface area (Å²) in [4.78, 5) is 18.2. The van der Waals surface area contributed by atoms with E-state index in [4.69, 9.17) is 0 Å². The van der Waals surface area contributed by atoms with Crippen molar-refractivity contribution in [1.82, 2.24) is 19.7 Å². The number of aromatic nitrogens is 3. The third-order valence-corrected chi connectivity index (χ3v) is 4.54. The molecule has 0 aliphatic carbocycles. The van der Waals surface area contributed by atoms with Gasteiger partial charge in [-0.05, 0) is 39.3 Å². The molecule has 3 rings (SSSR count). The maximum Gasteiger partial charge on any atom is 0.328 e. The number of hydrogen-bond acceptors (Lipinski definition) is 4. The number of hydrogen-bond donors (Lipinski definition) is 1. The largest absolute Gasteiger partial charge is 0.480 e. The zero-order valence-corrected chi connectivity index (χ0v) is 12.0. The predicted molar refractivity (Wildman–Crippen MR) is 73.6 cm³/mol. The molecule has 6 nitrogen and oxygen atoms in total. The maximum absolute atomic E-state index is 11.3. The highest BCUT2D eigenvalue weighted by Gasteiger charge is 2.29. The van der Waals surface area contributed by atoms with E-state index in [-0.39, 0.29) is 0 Å². The Morgan fingerprint density at radius 1 is 1.35 bits per heavy atom. The minimum Gasteiger partial charge on any atom is -0.480 e. The summed E-state index contributed by atoms with van der Waals surface area (Å²) in [6.07, 6.45) is 6.94. The first-order chi connectivity index (χ1) is 9.65. The zero-order valence-electron chi connectivity index (χ0n) is 12.0. The van der Waals surface area contributed by atoms with E-state index in [0.29, 0.717) is 12.5 Å². The Morgan fingerprint density at radius 2 is 2.20 bits per heavy atom. The lowest BCUT2D eigenvalue weighted by Crippen LogP contribution is -2.37. The first kappa shape index (κ1) is 13.5. The second kappa shape index (κ2) is 5.52. The van der Waals surface area contributed by atoms with Crippen molar-refractivity contribution in [2.75, 3.05) is 13.6 Å². The van der Waals surface area contributed by atoms with Gasteiger partial charge >= 0.3 is 5.97 Å². The molecule has 1 aromatic heterocycles. The lowest BCUT2D eigenvalue weighted by molar-refractivity contribution is -0.141. The smallest absolute Gasteiger partial charge is 0.328 e. The van der Waals surface area contributed by atoms with E-state index in [2.05, 4.69) is 22.0 Å². The topological polar surface area (TPSA) is 71.2 Å². The Morgan fingerprint density at radius 3 is 2.95 bits per heavy atom. The number of carbonyl (C=O) groups is 1. The van der Waals surface area contributed by atoms with Gasteiger partial charge in [-0.15, -0.1) is 0 Å². The van der Waals surface area contributed by atoms with Gasteiger partial charge in [-0.25, -0.2) is 14.5 Å². The number of likely N-dealkylation sites (tertiary alicyclic amines) is 1. The second-order valence-corrected chi connectivity index (χ2v) is 5.97. The van der Waals surface area contributed by atoms with Crippen molar-refractivity contribution in [3.8, 4) is 0 Å². The third kappa shape index (κ3) is 2.57. The van der Waals surface area contributed by atoms with E-state index in [9.17, 15) is 9.90 Å². The maximum atomic E-state index is 11.3. The highest BCUT2D eigenvalue weighted by atomic mass is 16.4. The quantitative estimate of drug-likeness (QED) is 0.901. The van der Waals surface area contributed by atoms with Crippen molar-refractivity contribution in [3.05, 3.63) is 11.6 Å². The van der Waals surface area contributed by atoms with Gasteiger partial charge in [-0.3, -0.25) is 0 Å². The van der Waals surface area contributed by atoms with Crippen LogP contribution in [-0.2, 0) is 17.6 Å². The number of likely N-dealkylation sites (N-methyl/N-ethyl adjacent to an activating group) is 1. The molecular weight excluding hydrogens is 256 g/mol. The van der Waals surface area contributed by atoms with Crippen molar-refractivity contribution in [2.24, 2.45) is 0 Å². The summed E-state index contributed by atoms with van der Waals surface area (Å²) >= 11 is 0. The molecule has 2 aliphatic heterocycles. The van der Waals surface area contributed by atoms with Crippen LogP contribution in [0.15, 0.2) is 0 Å². The number of carboxylic acids is 1. The summed E-state index contributed by atoms with van der Waals surface area (Å²) < 4.78 is 1.64. The molecule has 110 valence electrons. The molecule has 1 fully saturated rings. The molecule has 0 amide bonds. The van der Waals surface area contributed by atoms with Gasteiger partial charge in [-0.1, -0.05) is 6.42 Å². The Balaban J connectivity index is 1.77. The van der Waals surface area contributed by atoms with Crippen molar-refractivity contribution < 1.29 is 9.90 Å². The molecule has 0 radical (unpaired) electrons. The van der Waals surface area contributed by atoms with Crippen molar-refractivity contribution in [1.29, 1.82) is 0 Å². The number of rotatable bonds is 3. The fourth-order valence-electron chi connectivity index (χ4n) is 3.33. The Kier molecular flexibility index (Phi) is 3.74. The molecule has 1 saturated heterocycles. The molecule has 20 heavy (non-hydrogen) atoms. The summed E-state index contributed by atoms with van der Waals surface area (Å²) in [5.41, 5.74) is 0. The fraction of sp³-hybridized carbons (Fsp3) is 0.786. The van der Waals surface area contributed by atoms with E-state index in [1.165, 1.54) is 19.3 Å².